The molecule has 0 saturated heterocycles. The van der Waals surface area contributed by atoms with Crippen molar-refractivity contribution in [2.24, 2.45) is 0 Å². The molecule has 0 aliphatic carbocycles. The Kier molecular flexibility index (Phi) is 4.58. The largest absolute Gasteiger partial charge is 0.381 e. The van der Waals surface area contributed by atoms with Crippen molar-refractivity contribution < 1.29 is 4.79 Å². The van der Waals surface area contributed by atoms with Gasteiger partial charge in [-0.1, -0.05) is 28.1 Å². The van der Waals surface area contributed by atoms with Crippen molar-refractivity contribution >= 4 is 33.2 Å². The Morgan fingerprint density at radius 3 is 2.42 bits per heavy atom. The topological polar surface area (TPSA) is 41.1 Å². The molecule has 19 heavy (non-hydrogen) atoms. The van der Waals surface area contributed by atoms with Crippen LogP contribution < -0.4 is 10.6 Å². The van der Waals surface area contributed by atoms with Gasteiger partial charge in [-0.2, -0.15) is 0 Å². The van der Waals surface area contributed by atoms with Gasteiger partial charge in [0.25, 0.3) is 0 Å². The average molecular weight is 319 g/mol. The Balaban J connectivity index is 1.94. The average Bonchev–Trinajstić information content (AvgIpc) is 2.37. The SMILES string of the molecule is CC(=O)Nc1ccc(NCc2cccc(Br)c2)cc1. The molecule has 0 heterocycles. The molecule has 2 aromatic rings. The van der Waals surface area contributed by atoms with Crippen LogP contribution in [-0.4, -0.2) is 5.91 Å². The number of hydrogen-bond acceptors (Lipinski definition) is 2. The summed E-state index contributed by atoms with van der Waals surface area (Å²) in [6.07, 6.45) is 0. The van der Waals surface area contributed by atoms with Crippen LogP contribution >= 0.6 is 15.9 Å². The number of amides is 1. The van der Waals surface area contributed by atoms with E-state index in [-0.39, 0.29) is 5.91 Å². The van der Waals surface area contributed by atoms with E-state index in [0.717, 1.165) is 22.4 Å². The summed E-state index contributed by atoms with van der Waals surface area (Å²) in [7, 11) is 0. The minimum atomic E-state index is -0.0603. The van der Waals surface area contributed by atoms with Gasteiger partial charge in [-0.15, -0.1) is 0 Å². The normalized spacial score (nSPS) is 10.0. The van der Waals surface area contributed by atoms with Crippen molar-refractivity contribution in [3.63, 3.8) is 0 Å². The van der Waals surface area contributed by atoms with E-state index in [2.05, 4.69) is 38.7 Å². The number of benzene rings is 2. The monoisotopic (exact) mass is 318 g/mol. The molecule has 1 amide bonds. The van der Waals surface area contributed by atoms with E-state index in [1.807, 2.05) is 36.4 Å². The van der Waals surface area contributed by atoms with Crippen LogP contribution in [0.2, 0.25) is 0 Å². The van der Waals surface area contributed by atoms with Crippen LogP contribution in [0.25, 0.3) is 0 Å². The van der Waals surface area contributed by atoms with Gasteiger partial charge < -0.3 is 10.6 Å². The molecule has 2 aromatic carbocycles. The van der Waals surface area contributed by atoms with Crippen LogP contribution in [0.4, 0.5) is 11.4 Å². The molecule has 98 valence electrons. The first-order valence-corrected chi connectivity index (χ1v) is 6.79. The molecule has 0 aliphatic rings. The van der Waals surface area contributed by atoms with E-state index in [4.69, 9.17) is 0 Å². The van der Waals surface area contributed by atoms with Crippen molar-refractivity contribution in [3.05, 3.63) is 58.6 Å². The highest BCUT2D eigenvalue weighted by molar-refractivity contribution is 9.10. The number of carbonyl (C=O) groups is 1. The van der Waals surface area contributed by atoms with Crippen LogP contribution in [0.3, 0.4) is 0 Å². The number of carbonyl (C=O) groups excluding carboxylic acids is 1. The summed E-state index contributed by atoms with van der Waals surface area (Å²) in [6.45, 7) is 2.26. The summed E-state index contributed by atoms with van der Waals surface area (Å²) in [5, 5.41) is 6.08. The first-order chi connectivity index (χ1) is 9.13. The fraction of sp³-hybridized carbons (Fsp3) is 0.133. The fourth-order valence-corrected chi connectivity index (χ4v) is 2.17. The zero-order valence-corrected chi connectivity index (χ0v) is 12.2. The Bertz CT molecular complexity index is 567. The molecule has 0 unspecified atom stereocenters. The molecular weight excluding hydrogens is 304 g/mol. The van der Waals surface area contributed by atoms with Gasteiger partial charge in [-0.05, 0) is 42.0 Å². The predicted octanol–water partition coefficient (Wildman–Crippen LogP) is 4.02. The van der Waals surface area contributed by atoms with Crippen LogP contribution in [-0.2, 0) is 11.3 Å². The van der Waals surface area contributed by atoms with Gasteiger partial charge in [0.2, 0.25) is 5.91 Å². The third kappa shape index (κ3) is 4.41. The highest BCUT2D eigenvalue weighted by Gasteiger charge is 1.97. The van der Waals surface area contributed by atoms with Gasteiger partial charge in [0.05, 0.1) is 0 Å². The van der Waals surface area contributed by atoms with Crippen LogP contribution in [0.15, 0.2) is 53.0 Å². The number of rotatable bonds is 4. The van der Waals surface area contributed by atoms with Gasteiger partial charge in [-0.25, -0.2) is 0 Å². The van der Waals surface area contributed by atoms with E-state index in [1.165, 1.54) is 12.5 Å². The number of hydrogen-bond donors (Lipinski definition) is 2. The van der Waals surface area contributed by atoms with Crippen LogP contribution in [0, 0.1) is 0 Å². The summed E-state index contributed by atoms with van der Waals surface area (Å²) >= 11 is 3.45. The van der Waals surface area contributed by atoms with E-state index in [1.54, 1.807) is 0 Å². The second-order valence-corrected chi connectivity index (χ2v) is 5.16. The lowest BCUT2D eigenvalue weighted by atomic mass is 10.2. The smallest absolute Gasteiger partial charge is 0.221 e. The maximum Gasteiger partial charge on any atom is 0.221 e. The lowest BCUT2D eigenvalue weighted by Crippen LogP contribution is -2.05. The molecule has 0 saturated carbocycles. The van der Waals surface area contributed by atoms with Crippen molar-refractivity contribution in [2.45, 2.75) is 13.5 Å². The number of nitrogens with one attached hydrogen (secondary N) is 2. The summed E-state index contributed by atoms with van der Waals surface area (Å²) < 4.78 is 1.08. The highest BCUT2D eigenvalue weighted by atomic mass is 79.9. The van der Waals surface area contributed by atoms with Gasteiger partial charge in [0.1, 0.15) is 0 Å². The molecule has 0 bridgehead atoms. The van der Waals surface area contributed by atoms with E-state index >= 15 is 0 Å². The second kappa shape index (κ2) is 6.38. The Morgan fingerprint density at radius 2 is 1.79 bits per heavy atom. The quantitative estimate of drug-likeness (QED) is 0.894. The molecule has 4 heteroatoms. The number of anilines is 2. The van der Waals surface area contributed by atoms with Gasteiger partial charge in [0, 0.05) is 29.3 Å². The molecular formula is C15H15BrN2O. The Morgan fingerprint density at radius 1 is 1.11 bits per heavy atom. The molecule has 0 atom stereocenters. The van der Waals surface area contributed by atoms with Crippen molar-refractivity contribution in [2.75, 3.05) is 10.6 Å². The number of halogens is 1. The van der Waals surface area contributed by atoms with Crippen LogP contribution in [0.5, 0.6) is 0 Å². The first kappa shape index (κ1) is 13.6. The third-order valence-electron chi connectivity index (χ3n) is 2.59. The lowest BCUT2D eigenvalue weighted by molar-refractivity contribution is -0.114. The van der Waals surface area contributed by atoms with E-state index in [9.17, 15) is 4.79 Å². The lowest BCUT2D eigenvalue weighted by Gasteiger charge is -2.08. The second-order valence-electron chi connectivity index (χ2n) is 4.24. The van der Waals surface area contributed by atoms with Crippen molar-refractivity contribution in [1.82, 2.24) is 0 Å². The van der Waals surface area contributed by atoms with Gasteiger partial charge in [-0.3, -0.25) is 4.79 Å². The summed E-state index contributed by atoms with van der Waals surface area (Å²) in [4.78, 5) is 10.9. The summed E-state index contributed by atoms with van der Waals surface area (Å²) in [5.41, 5.74) is 3.04. The van der Waals surface area contributed by atoms with Crippen LogP contribution in [0.1, 0.15) is 12.5 Å². The van der Waals surface area contributed by atoms with Gasteiger partial charge in [0.15, 0.2) is 0 Å². The maximum absolute atomic E-state index is 10.9. The van der Waals surface area contributed by atoms with Crippen molar-refractivity contribution in [1.29, 1.82) is 0 Å². The predicted molar refractivity (Wildman–Crippen MR) is 82.2 cm³/mol. The molecule has 0 spiro atoms. The summed E-state index contributed by atoms with van der Waals surface area (Å²) in [6, 6.07) is 15.8. The molecule has 0 aliphatic heterocycles. The first-order valence-electron chi connectivity index (χ1n) is 5.99. The molecule has 3 nitrogen and oxygen atoms in total. The van der Waals surface area contributed by atoms with E-state index in [0.29, 0.717) is 0 Å². The van der Waals surface area contributed by atoms with Crippen molar-refractivity contribution in [3.8, 4) is 0 Å². The Hall–Kier alpha value is -1.81. The molecule has 0 radical (unpaired) electrons. The zero-order chi connectivity index (χ0) is 13.7. The fourth-order valence-electron chi connectivity index (χ4n) is 1.73. The maximum atomic E-state index is 10.9. The minimum absolute atomic E-state index is 0.0603. The zero-order valence-electron chi connectivity index (χ0n) is 10.6. The molecule has 0 fully saturated rings. The molecule has 2 rings (SSSR count). The van der Waals surface area contributed by atoms with Gasteiger partial charge >= 0.3 is 0 Å². The Labute approximate surface area is 121 Å². The summed E-state index contributed by atoms with van der Waals surface area (Å²) in [5.74, 6) is -0.0603. The standard InChI is InChI=1S/C15H15BrN2O/c1-11(19)18-15-7-5-14(6-8-15)17-10-12-3-2-4-13(16)9-12/h2-9,17H,10H2,1H3,(H,18,19). The minimum Gasteiger partial charge on any atom is -0.381 e. The third-order valence-corrected chi connectivity index (χ3v) is 3.08. The highest BCUT2D eigenvalue weighted by Crippen LogP contribution is 2.16. The molecule has 0 aromatic heterocycles. The molecule has 2 N–H and O–H groups in total. The van der Waals surface area contributed by atoms with E-state index < -0.39 is 0 Å².